The topological polar surface area (TPSA) is 46.6 Å². The first kappa shape index (κ1) is 17.0. The number of alkyl halides is 1. The molecule has 1 atom stereocenters. The standard InChI is InChI=1S/C11H14Cl3NO3S/c1-15(6-8(12)7-18-2)19(16,17)9-3-4-10(13)11(14)5-9/h3-5,8H,6-7H2,1-2H3. The van der Waals surface area contributed by atoms with E-state index in [1.807, 2.05) is 0 Å². The zero-order valence-corrected chi connectivity index (χ0v) is 13.5. The van der Waals surface area contributed by atoms with Gasteiger partial charge in [-0.1, -0.05) is 23.2 Å². The average Bonchev–Trinajstić information content (AvgIpc) is 2.32. The zero-order chi connectivity index (χ0) is 14.6. The van der Waals surface area contributed by atoms with E-state index in [4.69, 9.17) is 39.5 Å². The van der Waals surface area contributed by atoms with Crippen LogP contribution in [0.1, 0.15) is 0 Å². The first-order chi connectivity index (χ1) is 8.78. The molecule has 0 radical (unpaired) electrons. The van der Waals surface area contributed by atoms with Crippen molar-refractivity contribution in [1.29, 1.82) is 0 Å². The van der Waals surface area contributed by atoms with Crippen LogP contribution in [-0.4, -0.2) is 45.4 Å². The van der Waals surface area contributed by atoms with Crippen LogP contribution in [0.3, 0.4) is 0 Å². The van der Waals surface area contributed by atoms with Crippen molar-refractivity contribution in [2.75, 3.05) is 27.3 Å². The van der Waals surface area contributed by atoms with Gasteiger partial charge in [-0.05, 0) is 18.2 Å². The number of rotatable bonds is 6. The molecule has 4 nitrogen and oxygen atoms in total. The second-order valence-electron chi connectivity index (χ2n) is 3.91. The molecule has 0 aliphatic rings. The maximum absolute atomic E-state index is 12.3. The molecule has 0 aliphatic carbocycles. The van der Waals surface area contributed by atoms with Gasteiger partial charge in [0.1, 0.15) is 0 Å². The van der Waals surface area contributed by atoms with E-state index < -0.39 is 15.4 Å². The molecule has 0 saturated carbocycles. The Kier molecular flexibility index (Phi) is 6.36. The summed E-state index contributed by atoms with van der Waals surface area (Å²) in [7, 11) is -0.691. The lowest BCUT2D eigenvalue weighted by Crippen LogP contribution is -2.34. The number of halogens is 3. The lowest BCUT2D eigenvalue weighted by Gasteiger charge is -2.20. The molecule has 0 aromatic heterocycles. The molecular formula is C11H14Cl3NO3S. The van der Waals surface area contributed by atoms with Gasteiger partial charge >= 0.3 is 0 Å². The minimum atomic E-state index is -3.64. The summed E-state index contributed by atoms with van der Waals surface area (Å²) in [5, 5.41) is 0.0703. The summed E-state index contributed by atoms with van der Waals surface area (Å²) in [4.78, 5) is 0.0747. The second kappa shape index (κ2) is 7.11. The summed E-state index contributed by atoms with van der Waals surface area (Å²) in [6, 6.07) is 4.16. The minimum Gasteiger partial charge on any atom is -0.383 e. The van der Waals surface area contributed by atoms with Gasteiger partial charge < -0.3 is 4.74 Å². The molecule has 0 bridgehead atoms. The molecule has 1 aromatic carbocycles. The third-order valence-electron chi connectivity index (χ3n) is 2.40. The van der Waals surface area contributed by atoms with E-state index in [0.717, 1.165) is 4.31 Å². The predicted molar refractivity (Wildman–Crippen MR) is 77.8 cm³/mol. The summed E-state index contributed by atoms with van der Waals surface area (Å²) >= 11 is 17.5. The molecule has 1 rings (SSSR count). The van der Waals surface area contributed by atoms with Gasteiger partial charge in [0.15, 0.2) is 0 Å². The van der Waals surface area contributed by atoms with Gasteiger partial charge in [-0.25, -0.2) is 8.42 Å². The molecule has 0 aliphatic heterocycles. The van der Waals surface area contributed by atoms with Gasteiger partial charge in [0.2, 0.25) is 10.0 Å². The molecule has 0 heterocycles. The number of nitrogens with zero attached hydrogens (tertiary/aromatic N) is 1. The summed E-state index contributed by atoms with van der Waals surface area (Å²) < 4.78 is 30.5. The molecule has 1 aromatic rings. The first-order valence-corrected chi connectivity index (χ1v) is 7.96. The van der Waals surface area contributed by atoms with Gasteiger partial charge in [-0.3, -0.25) is 0 Å². The van der Waals surface area contributed by atoms with Crippen molar-refractivity contribution in [2.45, 2.75) is 10.3 Å². The Hall–Kier alpha value is -0.0400. The fourth-order valence-corrected chi connectivity index (χ4v) is 3.45. The molecule has 0 N–H and O–H groups in total. The number of hydrogen-bond acceptors (Lipinski definition) is 3. The Morgan fingerprint density at radius 2 is 1.95 bits per heavy atom. The monoisotopic (exact) mass is 345 g/mol. The van der Waals surface area contributed by atoms with Crippen molar-refractivity contribution in [3.63, 3.8) is 0 Å². The number of ether oxygens (including phenoxy) is 1. The highest BCUT2D eigenvalue weighted by atomic mass is 35.5. The van der Waals surface area contributed by atoms with Crippen LogP contribution < -0.4 is 0 Å². The van der Waals surface area contributed by atoms with Crippen LogP contribution in [0.2, 0.25) is 10.0 Å². The van der Waals surface area contributed by atoms with Gasteiger partial charge in [0, 0.05) is 20.7 Å². The average molecular weight is 347 g/mol. The van der Waals surface area contributed by atoms with E-state index in [0.29, 0.717) is 5.02 Å². The Bertz CT molecular complexity index is 536. The van der Waals surface area contributed by atoms with Crippen LogP contribution in [0.25, 0.3) is 0 Å². The Morgan fingerprint density at radius 3 is 2.47 bits per heavy atom. The number of sulfonamides is 1. The molecule has 19 heavy (non-hydrogen) atoms. The first-order valence-electron chi connectivity index (χ1n) is 5.33. The lowest BCUT2D eigenvalue weighted by molar-refractivity contribution is 0.192. The van der Waals surface area contributed by atoms with Gasteiger partial charge in [-0.2, -0.15) is 4.31 Å². The predicted octanol–water partition coefficient (Wildman–Crippen LogP) is 2.87. The van der Waals surface area contributed by atoms with E-state index in [1.165, 1.54) is 32.4 Å². The van der Waals surface area contributed by atoms with Crippen molar-refractivity contribution in [3.05, 3.63) is 28.2 Å². The van der Waals surface area contributed by atoms with Crippen molar-refractivity contribution in [3.8, 4) is 0 Å². The fraction of sp³-hybridized carbons (Fsp3) is 0.455. The van der Waals surface area contributed by atoms with Gasteiger partial charge in [-0.15, -0.1) is 11.6 Å². The normalized spacial score (nSPS) is 13.8. The quantitative estimate of drug-likeness (QED) is 0.744. The third-order valence-corrected chi connectivity index (χ3v) is 5.22. The van der Waals surface area contributed by atoms with E-state index >= 15 is 0 Å². The highest BCUT2D eigenvalue weighted by Crippen LogP contribution is 2.26. The fourth-order valence-electron chi connectivity index (χ4n) is 1.43. The van der Waals surface area contributed by atoms with E-state index in [-0.39, 0.29) is 23.1 Å². The molecule has 0 fully saturated rings. The maximum atomic E-state index is 12.3. The van der Waals surface area contributed by atoms with Gasteiger partial charge in [0.05, 0.1) is 26.9 Å². The molecule has 0 amide bonds. The zero-order valence-electron chi connectivity index (χ0n) is 10.4. The van der Waals surface area contributed by atoms with Crippen molar-refractivity contribution in [1.82, 2.24) is 4.31 Å². The van der Waals surface area contributed by atoms with Crippen LogP contribution in [0.4, 0.5) is 0 Å². The van der Waals surface area contributed by atoms with Crippen LogP contribution in [0.15, 0.2) is 23.1 Å². The lowest BCUT2D eigenvalue weighted by atomic mass is 10.4. The van der Waals surface area contributed by atoms with E-state index in [9.17, 15) is 8.42 Å². The van der Waals surface area contributed by atoms with E-state index in [1.54, 1.807) is 0 Å². The Morgan fingerprint density at radius 1 is 1.32 bits per heavy atom. The van der Waals surface area contributed by atoms with Crippen molar-refractivity contribution < 1.29 is 13.2 Å². The molecule has 108 valence electrons. The molecule has 8 heteroatoms. The van der Waals surface area contributed by atoms with Crippen LogP contribution in [0.5, 0.6) is 0 Å². The maximum Gasteiger partial charge on any atom is 0.242 e. The second-order valence-corrected chi connectivity index (χ2v) is 7.39. The van der Waals surface area contributed by atoms with Crippen LogP contribution in [0, 0.1) is 0 Å². The summed E-state index contributed by atoms with van der Waals surface area (Å²) in [6.07, 6.45) is 0. The van der Waals surface area contributed by atoms with Crippen LogP contribution in [-0.2, 0) is 14.8 Å². The molecule has 1 unspecified atom stereocenters. The minimum absolute atomic E-state index is 0.0747. The Labute approximate surface area is 128 Å². The van der Waals surface area contributed by atoms with Crippen molar-refractivity contribution in [2.24, 2.45) is 0 Å². The molecular weight excluding hydrogens is 333 g/mol. The summed E-state index contributed by atoms with van der Waals surface area (Å²) in [5.41, 5.74) is 0. The summed E-state index contributed by atoms with van der Waals surface area (Å²) in [6.45, 7) is 0.404. The number of hydrogen-bond donors (Lipinski definition) is 0. The van der Waals surface area contributed by atoms with Crippen LogP contribution >= 0.6 is 34.8 Å². The SMILES string of the molecule is COCC(Cl)CN(C)S(=O)(=O)c1ccc(Cl)c(Cl)c1. The highest BCUT2D eigenvalue weighted by molar-refractivity contribution is 7.89. The third kappa shape index (κ3) is 4.48. The molecule has 0 saturated heterocycles. The number of methoxy groups -OCH3 is 1. The smallest absolute Gasteiger partial charge is 0.242 e. The van der Waals surface area contributed by atoms with Crippen molar-refractivity contribution >= 4 is 44.8 Å². The van der Waals surface area contributed by atoms with E-state index in [2.05, 4.69) is 0 Å². The Balaban J connectivity index is 2.93. The summed E-state index contributed by atoms with van der Waals surface area (Å²) in [5.74, 6) is 0. The van der Waals surface area contributed by atoms with Gasteiger partial charge in [0.25, 0.3) is 0 Å². The molecule has 0 spiro atoms. The highest BCUT2D eigenvalue weighted by Gasteiger charge is 2.23. The number of benzene rings is 1. The largest absolute Gasteiger partial charge is 0.383 e.